The highest BCUT2D eigenvalue weighted by atomic mass is 32.2. The van der Waals surface area contributed by atoms with Crippen LogP contribution in [0, 0.1) is 5.82 Å². The molecule has 6 heteroatoms. The second-order valence-corrected chi connectivity index (χ2v) is 5.41. The lowest BCUT2D eigenvalue weighted by molar-refractivity contribution is 0.0730. The van der Waals surface area contributed by atoms with Gasteiger partial charge in [-0.05, 0) is 18.2 Å². The number of hydrogen-bond donors (Lipinski definition) is 0. The highest BCUT2D eigenvalue weighted by Crippen LogP contribution is 2.17. The smallest absolute Gasteiger partial charge is 0.243 e. The fraction of sp³-hybridized carbons (Fsp3) is 0.400. The van der Waals surface area contributed by atoms with Gasteiger partial charge in [0.15, 0.2) is 0 Å². The molecular weight excluding hydrogens is 233 g/mol. The molecule has 4 nitrogen and oxygen atoms in total. The molecule has 0 aliphatic carbocycles. The van der Waals surface area contributed by atoms with E-state index in [1.54, 1.807) is 0 Å². The van der Waals surface area contributed by atoms with Crippen molar-refractivity contribution in [2.45, 2.75) is 4.90 Å². The molecule has 1 aromatic carbocycles. The quantitative estimate of drug-likeness (QED) is 0.776. The van der Waals surface area contributed by atoms with E-state index < -0.39 is 15.8 Å². The van der Waals surface area contributed by atoms with Gasteiger partial charge in [0, 0.05) is 13.1 Å². The van der Waals surface area contributed by atoms with E-state index >= 15 is 0 Å². The molecule has 0 saturated carbocycles. The summed E-state index contributed by atoms with van der Waals surface area (Å²) in [7, 11) is -3.57. The average molecular weight is 245 g/mol. The van der Waals surface area contributed by atoms with Crippen molar-refractivity contribution in [3.63, 3.8) is 0 Å². The minimum atomic E-state index is -3.57. The van der Waals surface area contributed by atoms with Gasteiger partial charge >= 0.3 is 0 Å². The molecule has 0 radical (unpaired) electrons. The van der Waals surface area contributed by atoms with Crippen molar-refractivity contribution in [2.24, 2.45) is 0 Å². The predicted molar refractivity (Wildman–Crippen MR) is 56.0 cm³/mol. The van der Waals surface area contributed by atoms with E-state index in [-0.39, 0.29) is 4.90 Å². The normalized spacial score (nSPS) is 18.6. The highest BCUT2D eigenvalue weighted by Gasteiger charge is 2.26. The molecule has 0 N–H and O–H groups in total. The second kappa shape index (κ2) is 4.48. The number of sulfonamides is 1. The Morgan fingerprint density at radius 1 is 1.25 bits per heavy atom. The minimum Gasteiger partial charge on any atom is -0.379 e. The summed E-state index contributed by atoms with van der Waals surface area (Å²) in [6, 6.07) is 5.04. The van der Waals surface area contributed by atoms with Crippen LogP contribution in [0.3, 0.4) is 0 Å². The molecule has 0 aromatic heterocycles. The first-order valence-electron chi connectivity index (χ1n) is 4.94. The summed E-state index contributed by atoms with van der Waals surface area (Å²) < 4.78 is 43.4. The van der Waals surface area contributed by atoms with Gasteiger partial charge in [0.05, 0.1) is 18.1 Å². The lowest BCUT2D eigenvalue weighted by Gasteiger charge is -2.25. The molecule has 1 saturated heterocycles. The maximum absolute atomic E-state index is 13.0. The van der Waals surface area contributed by atoms with Gasteiger partial charge in [-0.15, -0.1) is 0 Å². The van der Waals surface area contributed by atoms with Gasteiger partial charge in [0.2, 0.25) is 10.0 Å². The van der Waals surface area contributed by atoms with Gasteiger partial charge < -0.3 is 4.74 Å². The van der Waals surface area contributed by atoms with E-state index in [1.165, 1.54) is 22.5 Å². The van der Waals surface area contributed by atoms with Crippen LogP contribution in [0.15, 0.2) is 29.2 Å². The molecule has 16 heavy (non-hydrogen) atoms. The summed E-state index contributed by atoms with van der Waals surface area (Å²) >= 11 is 0. The van der Waals surface area contributed by atoms with Crippen LogP contribution >= 0.6 is 0 Å². The van der Waals surface area contributed by atoms with Crippen LogP contribution in [-0.4, -0.2) is 39.0 Å². The van der Waals surface area contributed by atoms with Crippen LogP contribution < -0.4 is 0 Å². The first-order valence-corrected chi connectivity index (χ1v) is 6.38. The van der Waals surface area contributed by atoms with Crippen molar-refractivity contribution >= 4 is 10.0 Å². The number of benzene rings is 1. The Morgan fingerprint density at radius 3 is 2.56 bits per heavy atom. The van der Waals surface area contributed by atoms with Gasteiger partial charge in [-0.1, -0.05) is 6.07 Å². The Morgan fingerprint density at radius 2 is 1.94 bits per heavy atom. The molecule has 1 fully saturated rings. The van der Waals surface area contributed by atoms with Crippen LogP contribution in [0.4, 0.5) is 4.39 Å². The SMILES string of the molecule is O=S(=O)(c1cccc(F)c1)N1CCOCC1. The lowest BCUT2D eigenvalue weighted by atomic mass is 10.4. The van der Waals surface area contributed by atoms with Gasteiger partial charge in [-0.2, -0.15) is 4.31 Å². The molecule has 0 bridgehead atoms. The average Bonchev–Trinajstić information content (AvgIpc) is 2.30. The zero-order valence-electron chi connectivity index (χ0n) is 8.60. The minimum absolute atomic E-state index is 0.00519. The van der Waals surface area contributed by atoms with Crippen molar-refractivity contribution in [1.29, 1.82) is 0 Å². The zero-order valence-corrected chi connectivity index (χ0v) is 9.41. The fourth-order valence-electron chi connectivity index (χ4n) is 1.56. The first kappa shape index (κ1) is 11.5. The van der Waals surface area contributed by atoms with E-state index in [4.69, 9.17) is 4.74 Å². The van der Waals surface area contributed by atoms with Gasteiger partial charge in [-0.3, -0.25) is 0 Å². The predicted octanol–water partition coefficient (Wildman–Crippen LogP) is 0.847. The summed E-state index contributed by atoms with van der Waals surface area (Å²) in [5, 5.41) is 0. The van der Waals surface area contributed by atoms with Crippen molar-refractivity contribution in [3.05, 3.63) is 30.1 Å². The zero-order chi connectivity index (χ0) is 11.6. The topological polar surface area (TPSA) is 46.6 Å². The second-order valence-electron chi connectivity index (χ2n) is 3.47. The van der Waals surface area contributed by atoms with Gasteiger partial charge in [0.1, 0.15) is 5.82 Å². The molecule has 0 amide bonds. The third-order valence-corrected chi connectivity index (χ3v) is 4.30. The van der Waals surface area contributed by atoms with E-state index in [0.717, 1.165) is 6.07 Å². The molecule has 0 unspecified atom stereocenters. The molecule has 1 aliphatic heterocycles. The molecule has 0 spiro atoms. The van der Waals surface area contributed by atoms with Gasteiger partial charge in [0.25, 0.3) is 0 Å². The molecular formula is C10H12FNO3S. The highest BCUT2D eigenvalue weighted by molar-refractivity contribution is 7.89. The molecule has 2 rings (SSSR count). The van der Waals surface area contributed by atoms with Gasteiger partial charge in [-0.25, -0.2) is 12.8 Å². The summed E-state index contributed by atoms with van der Waals surface area (Å²) in [4.78, 5) is -0.00519. The summed E-state index contributed by atoms with van der Waals surface area (Å²) in [6.07, 6.45) is 0. The lowest BCUT2D eigenvalue weighted by Crippen LogP contribution is -2.40. The van der Waals surface area contributed by atoms with Crippen LogP contribution in [0.2, 0.25) is 0 Å². The van der Waals surface area contributed by atoms with Crippen LogP contribution in [0.25, 0.3) is 0 Å². The monoisotopic (exact) mass is 245 g/mol. The first-order chi connectivity index (χ1) is 7.60. The number of ether oxygens (including phenoxy) is 1. The molecule has 0 atom stereocenters. The Kier molecular flexibility index (Phi) is 3.22. The van der Waals surface area contributed by atoms with Crippen molar-refractivity contribution in [3.8, 4) is 0 Å². The summed E-state index contributed by atoms with van der Waals surface area (Å²) in [6.45, 7) is 1.40. The third-order valence-electron chi connectivity index (χ3n) is 2.40. The maximum Gasteiger partial charge on any atom is 0.243 e. The number of rotatable bonds is 2. The van der Waals surface area contributed by atoms with E-state index in [2.05, 4.69) is 0 Å². The van der Waals surface area contributed by atoms with E-state index in [0.29, 0.717) is 26.3 Å². The fourth-order valence-corrected chi connectivity index (χ4v) is 3.00. The standard InChI is InChI=1S/C10H12FNO3S/c11-9-2-1-3-10(8-9)16(13,14)12-4-6-15-7-5-12/h1-3,8H,4-7H2. The molecule has 1 heterocycles. The van der Waals surface area contributed by atoms with Crippen molar-refractivity contribution in [1.82, 2.24) is 4.31 Å². The number of halogens is 1. The van der Waals surface area contributed by atoms with Crippen LogP contribution in [0.1, 0.15) is 0 Å². The van der Waals surface area contributed by atoms with Crippen LogP contribution in [-0.2, 0) is 14.8 Å². The van der Waals surface area contributed by atoms with Crippen molar-refractivity contribution < 1.29 is 17.5 Å². The van der Waals surface area contributed by atoms with E-state index in [1.807, 2.05) is 0 Å². The number of nitrogens with zero attached hydrogens (tertiary/aromatic N) is 1. The Hall–Kier alpha value is -0.980. The molecule has 1 aliphatic rings. The Balaban J connectivity index is 2.30. The largest absolute Gasteiger partial charge is 0.379 e. The maximum atomic E-state index is 13.0. The summed E-state index contributed by atoms with van der Waals surface area (Å²) in [5.74, 6) is -0.547. The number of morpholine rings is 1. The Labute approximate surface area is 93.7 Å². The van der Waals surface area contributed by atoms with Crippen LogP contribution in [0.5, 0.6) is 0 Å². The third kappa shape index (κ3) is 2.23. The van der Waals surface area contributed by atoms with Crippen molar-refractivity contribution in [2.75, 3.05) is 26.3 Å². The van der Waals surface area contributed by atoms with E-state index in [9.17, 15) is 12.8 Å². The Bertz CT molecular complexity index is 469. The molecule has 1 aromatic rings. The number of hydrogen-bond acceptors (Lipinski definition) is 3. The summed E-state index contributed by atoms with van der Waals surface area (Å²) in [5.41, 5.74) is 0. The molecule has 88 valence electrons.